The zero-order chi connectivity index (χ0) is 18.5. The normalized spacial score (nSPS) is 16.4. The molecule has 0 amide bonds. The summed E-state index contributed by atoms with van der Waals surface area (Å²) in [6, 6.07) is 9.55. The first-order valence-electron chi connectivity index (χ1n) is 8.70. The van der Waals surface area contributed by atoms with Gasteiger partial charge in [0.15, 0.2) is 11.5 Å². The van der Waals surface area contributed by atoms with Gasteiger partial charge in [-0.05, 0) is 53.5 Å². The largest absolute Gasteiger partial charge is 0.462 e. The van der Waals surface area contributed by atoms with Gasteiger partial charge in [-0.2, -0.15) is 0 Å². The fraction of sp³-hybridized carbons (Fsp3) is 0.300. The van der Waals surface area contributed by atoms with E-state index < -0.39 is 0 Å². The van der Waals surface area contributed by atoms with Crippen LogP contribution in [0.15, 0.2) is 53.5 Å². The molecule has 2 aliphatic heterocycles. The number of thioether (sulfide) groups is 2. The number of pyridine rings is 1. The minimum atomic E-state index is -0.324. The zero-order valence-electron chi connectivity index (χ0n) is 14.6. The van der Waals surface area contributed by atoms with Gasteiger partial charge in [0, 0.05) is 18.8 Å². The number of hydrogen-bond donors (Lipinski definition) is 0. The second kappa shape index (κ2) is 8.27. The molecule has 0 saturated heterocycles. The summed E-state index contributed by atoms with van der Waals surface area (Å²) in [4.78, 5) is 16.0. The van der Waals surface area contributed by atoms with Gasteiger partial charge in [0.25, 0.3) is 0 Å². The average molecular weight is 402 g/mol. The highest BCUT2D eigenvalue weighted by Crippen LogP contribution is 2.50. The summed E-state index contributed by atoms with van der Waals surface area (Å²) in [6.45, 7) is 0.678. The van der Waals surface area contributed by atoms with Crippen molar-refractivity contribution in [3.63, 3.8) is 0 Å². The molecule has 140 valence electrons. The number of esters is 1. The number of aryl methyl sites for hydroxylation is 1. The third-order valence-corrected chi connectivity index (χ3v) is 7.44. The first kappa shape index (κ1) is 18.3. The molecule has 2 aliphatic rings. The van der Waals surface area contributed by atoms with Crippen molar-refractivity contribution in [1.29, 1.82) is 0 Å². The number of ether oxygens (including phenoxy) is 3. The molecule has 0 spiro atoms. The molecule has 0 atom stereocenters. The lowest BCUT2D eigenvalue weighted by molar-refractivity contribution is 0.0496. The van der Waals surface area contributed by atoms with Crippen molar-refractivity contribution in [1.82, 2.24) is 4.98 Å². The molecule has 0 radical (unpaired) electrons. The van der Waals surface area contributed by atoms with Gasteiger partial charge in [0.2, 0.25) is 6.79 Å². The summed E-state index contributed by atoms with van der Waals surface area (Å²) in [5.74, 6) is 1.30. The molecule has 3 heterocycles. The molecule has 2 aromatic rings. The molecule has 0 unspecified atom stereocenters. The van der Waals surface area contributed by atoms with Gasteiger partial charge in [0.05, 0.1) is 16.2 Å². The fourth-order valence-corrected chi connectivity index (χ4v) is 5.33. The van der Waals surface area contributed by atoms with Crippen LogP contribution in [0.5, 0.6) is 11.5 Å². The molecule has 27 heavy (non-hydrogen) atoms. The Morgan fingerprint density at radius 1 is 1.15 bits per heavy atom. The van der Waals surface area contributed by atoms with Crippen molar-refractivity contribution in [3.8, 4) is 11.5 Å². The maximum absolute atomic E-state index is 12.1. The van der Waals surface area contributed by atoms with E-state index in [1.165, 1.54) is 11.8 Å². The smallest absolute Gasteiger partial charge is 0.339 e. The van der Waals surface area contributed by atoms with Crippen LogP contribution >= 0.6 is 23.5 Å². The highest BCUT2D eigenvalue weighted by Gasteiger charge is 2.33. The summed E-state index contributed by atoms with van der Waals surface area (Å²) < 4.78 is 16.3. The summed E-state index contributed by atoms with van der Waals surface area (Å²) in [7, 11) is 0. The summed E-state index contributed by atoms with van der Waals surface area (Å²) in [6.07, 6.45) is 5.85. The van der Waals surface area contributed by atoms with Crippen molar-refractivity contribution < 1.29 is 19.0 Å². The van der Waals surface area contributed by atoms with E-state index in [-0.39, 0.29) is 10.0 Å². The lowest BCUT2D eigenvalue weighted by atomic mass is 10.1. The van der Waals surface area contributed by atoms with Gasteiger partial charge in [-0.1, -0.05) is 6.07 Å². The lowest BCUT2D eigenvalue weighted by Crippen LogP contribution is -2.22. The molecule has 1 aromatic carbocycles. The van der Waals surface area contributed by atoms with Gasteiger partial charge in [-0.3, -0.25) is 4.98 Å². The summed E-state index contributed by atoms with van der Waals surface area (Å²) in [5, 5.41) is 4.24. The van der Waals surface area contributed by atoms with E-state index >= 15 is 0 Å². The molecular weight excluding hydrogens is 382 g/mol. The SMILES string of the molecule is O=C(OCCC1(CCc2ccc3c(c2)OCO3)SC=CS1)c1cccnc1. The monoisotopic (exact) mass is 401 g/mol. The van der Waals surface area contributed by atoms with Crippen molar-refractivity contribution >= 4 is 29.5 Å². The van der Waals surface area contributed by atoms with Crippen LogP contribution in [0.3, 0.4) is 0 Å². The summed E-state index contributed by atoms with van der Waals surface area (Å²) >= 11 is 3.61. The van der Waals surface area contributed by atoms with E-state index in [0.717, 1.165) is 30.8 Å². The van der Waals surface area contributed by atoms with Crippen molar-refractivity contribution in [2.75, 3.05) is 13.4 Å². The van der Waals surface area contributed by atoms with Crippen molar-refractivity contribution in [2.24, 2.45) is 0 Å². The second-order valence-corrected chi connectivity index (χ2v) is 9.07. The Kier molecular flexibility index (Phi) is 5.59. The molecule has 0 saturated carbocycles. The van der Waals surface area contributed by atoms with E-state index in [2.05, 4.69) is 27.9 Å². The Morgan fingerprint density at radius 2 is 2.00 bits per heavy atom. The number of nitrogens with zero attached hydrogens (tertiary/aromatic N) is 1. The fourth-order valence-electron chi connectivity index (χ4n) is 2.99. The van der Waals surface area contributed by atoms with Crippen LogP contribution in [-0.2, 0) is 11.2 Å². The average Bonchev–Trinajstić information content (AvgIpc) is 3.36. The molecule has 0 bridgehead atoms. The van der Waals surface area contributed by atoms with Gasteiger partial charge >= 0.3 is 5.97 Å². The molecule has 1 aromatic heterocycles. The van der Waals surface area contributed by atoms with Crippen molar-refractivity contribution in [2.45, 2.75) is 23.3 Å². The molecule has 0 N–H and O–H groups in total. The Balaban J connectivity index is 1.32. The van der Waals surface area contributed by atoms with Gasteiger partial charge < -0.3 is 14.2 Å². The van der Waals surface area contributed by atoms with Crippen LogP contribution in [0.4, 0.5) is 0 Å². The van der Waals surface area contributed by atoms with Gasteiger partial charge in [0.1, 0.15) is 0 Å². The maximum atomic E-state index is 12.1. The first-order chi connectivity index (χ1) is 13.2. The predicted octanol–water partition coefficient (Wildman–Crippen LogP) is 4.64. The number of carbonyl (C=O) groups excluding carboxylic acids is 1. The minimum absolute atomic E-state index is 0.00834. The van der Waals surface area contributed by atoms with E-state index in [1.54, 1.807) is 41.9 Å². The molecule has 0 fully saturated rings. The molecule has 0 aliphatic carbocycles. The first-order valence-corrected chi connectivity index (χ1v) is 10.5. The highest BCUT2D eigenvalue weighted by molar-refractivity contribution is 8.23. The number of rotatable bonds is 7. The minimum Gasteiger partial charge on any atom is -0.462 e. The predicted molar refractivity (Wildman–Crippen MR) is 107 cm³/mol. The Bertz CT molecular complexity index is 833. The van der Waals surface area contributed by atoms with Crippen LogP contribution in [0, 0.1) is 0 Å². The van der Waals surface area contributed by atoms with Crippen molar-refractivity contribution in [3.05, 3.63) is 64.7 Å². The standard InChI is InChI=1S/C20H19NO4S2/c22-19(16-2-1-8-21-13-16)23-9-7-20(26-10-11-27-20)6-5-15-3-4-17-18(12-15)25-14-24-17/h1-4,8,10-13H,5-7,9,14H2. The van der Waals surface area contributed by atoms with E-state index in [4.69, 9.17) is 14.2 Å². The van der Waals surface area contributed by atoms with Gasteiger partial charge in [-0.25, -0.2) is 4.79 Å². The van der Waals surface area contributed by atoms with Crippen LogP contribution in [0.2, 0.25) is 0 Å². The van der Waals surface area contributed by atoms with Gasteiger partial charge in [-0.15, -0.1) is 23.5 Å². The maximum Gasteiger partial charge on any atom is 0.339 e. The van der Waals surface area contributed by atoms with Crippen LogP contribution < -0.4 is 9.47 Å². The van der Waals surface area contributed by atoms with Crippen LogP contribution in [-0.4, -0.2) is 28.4 Å². The van der Waals surface area contributed by atoms with E-state index in [9.17, 15) is 4.79 Å². The van der Waals surface area contributed by atoms with E-state index in [1.807, 2.05) is 6.07 Å². The molecule has 5 nitrogen and oxygen atoms in total. The van der Waals surface area contributed by atoms with Crippen LogP contribution in [0.25, 0.3) is 0 Å². The van der Waals surface area contributed by atoms with E-state index in [0.29, 0.717) is 19.0 Å². The van der Waals surface area contributed by atoms with Crippen LogP contribution in [0.1, 0.15) is 28.8 Å². The zero-order valence-corrected chi connectivity index (χ0v) is 16.3. The lowest BCUT2D eigenvalue weighted by Gasteiger charge is -2.27. The molecule has 4 rings (SSSR count). The number of hydrogen-bond acceptors (Lipinski definition) is 7. The molecule has 7 heteroatoms. The second-order valence-electron chi connectivity index (χ2n) is 6.23. The quantitative estimate of drug-likeness (QED) is 0.627. The third kappa shape index (κ3) is 4.42. The third-order valence-electron chi connectivity index (χ3n) is 4.47. The Hall–Kier alpha value is -2.12. The number of fused-ring (bicyclic) bond motifs is 1. The summed E-state index contributed by atoms with van der Waals surface area (Å²) in [5.41, 5.74) is 1.70. The Labute approximate surface area is 166 Å². The Morgan fingerprint density at radius 3 is 2.81 bits per heavy atom. The topological polar surface area (TPSA) is 57.7 Å². The number of carbonyl (C=O) groups is 1. The molecular formula is C20H19NO4S2. The highest BCUT2D eigenvalue weighted by atomic mass is 32.2. The number of aromatic nitrogens is 1. The number of benzene rings is 1.